The minimum absolute atomic E-state index is 0. The Bertz CT molecular complexity index is 250. The van der Waals surface area contributed by atoms with Gasteiger partial charge in [-0.2, -0.15) is 0 Å². The summed E-state index contributed by atoms with van der Waals surface area (Å²) in [4.78, 5) is 0. The van der Waals surface area contributed by atoms with Crippen LogP contribution in [0.1, 0.15) is 103 Å². The Labute approximate surface area is 164 Å². The van der Waals surface area contributed by atoms with Gasteiger partial charge in [0.05, 0.1) is 27.2 Å². The van der Waals surface area contributed by atoms with Gasteiger partial charge in [0.25, 0.3) is 0 Å². The van der Waals surface area contributed by atoms with Gasteiger partial charge in [-0.3, -0.25) is 0 Å². The maximum Gasteiger partial charge on any atom is 0.0966 e. The van der Waals surface area contributed by atoms with Crippen molar-refractivity contribution in [1.82, 2.24) is 0 Å². The molecule has 2 heteroatoms. The third-order valence-corrected chi connectivity index (χ3v) is 4.99. The summed E-state index contributed by atoms with van der Waals surface area (Å²) < 4.78 is 1.10. The van der Waals surface area contributed by atoms with Crippen LogP contribution in [0.5, 0.6) is 0 Å². The van der Waals surface area contributed by atoms with Crippen molar-refractivity contribution in [2.45, 2.75) is 103 Å². The molecule has 0 heterocycles. The predicted octanol–water partition coefficient (Wildman–Crippen LogP) is 4.12. The second kappa shape index (κ2) is 19.5. The van der Waals surface area contributed by atoms with E-state index >= 15 is 0 Å². The van der Waals surface area contributed by atoms with Gasteiger partial charge in [0.1, 0.15) is 0 Å². The van der Waals surface area contributed by atoms with E-state index in [9.17, 15) is 0 Å². The number of halogens is 1. The summed E-state index contributed by atoms with van der Waals surface area (Å²) >= 11 is 0. The fourth-order valence-corrected chi connectivity index (χ4v) is 3.35. The van der Waals surface area contributed by atoms with Crippen molar-refractivity contribution in [2.75, 3.05) is 27.2 Å². The maximum absolute atomic E-state index is 3.85. The topological polar surface area (TPSA) is 0 Å². The molecule has 24 heavy (non-hydrogen) atoms. The predicted molar refractivity (Wildman–Crippen MR) is 107 cm³/mol. The normalized spacial score (nSPS) is 11.3. The summed E-state index contributed by atoms with van der Waals surface area (Å²) in [5.41, 5.74) is 0. The van der Waals surface area contributed by atoms with E-state index in [4.69, 9.17) is 0 Å². The molecule has 0 spiro atoms. The molecule has 0 unspecified atom stereocenters. The summed E-state index contributed by atoms with van der Waals surface area (Å²) in [7, 11) is 4.62. The molecule has 0 atom stereocenters. The van der Waals surface area contributed by atoms with Gasteiger partial charge < -0.3 is 21.5 Å². The Morgan fingerprint density at radius 2 is 0.958 bits per heavy atom. The van der Waals surface area contributed by atoms with Gasteiger partial charge in [0.2, 0.25) is 0 Å². The minimum Gasteiger partial charge on any atom is -1.00 e. The highest BCUT2D eigenvalue weighted by Gasteiger charge is 2.10. The molecule has 0 bridgehead atoms. The molecule has 1 nitrogen and oxygen atoms in total. The highest BCUT2D eigenvalue weighted by molar-refractivity contribution is 4.64. The second-order valence-corrected chi connectivity index (χ2v) is 8.08. The fraction of sp³-hybridized carbons (Fsp3) is 0.909. The van der Waals surface area contributed by atoms with Gasteiger partial charge in [-0.15, -0.1) is 0 Å². The Morgan fingerprint density at radius 1 is 0.625 bits per heavy atom. The van der Waals surface area contributed by atoms with E-state index in [1.165, 1.54) is 103 Å². The molecular weight excluding hydrogens is 358 g/mol. The van der Waals surface area contributed by atoms with Crippen molar-refractivity contribution in [3.63, 3.8) is 0 Å². The molecule has 0 aliphatic rings. The van der Waals surface area contributed by atoms with E-state index in [0.29, 0.717) is 0 Å². The third kappa shape index (κ3) is 20.2. The zero-order valence-corrected chi connectivity index (χ0v) is 18.7. The van der Waals surface area contributed by atoms with Crippen molar-refractivity contribution >= 4 is 0 Å². The quantitative estimate of drug-likeness (QED) is 0.183. The van der Waals surface area contributed by atoms with E-state index in [1.807, 2.05) is 6.08 Å². The van der Waals surface area contributed by atoms with Crippen LogP contribution >= 0.6 is 0 Å². The third-order valence-electron chi connectivity index (χ3n) is 4.99. The van der Waals surface area contributed by atoms with Crippen LogP contribution in [-0.2, 0) is 0 Å². The average molecular weight is 405 g/mol. The molecule has 0 aliphatic heterocycles. The lowest BCUT2D eigenvalue weighted by Gasteiger charge is -2.28. The molecule has 0 aromatic carbocycles. The van der Waals surface area contributed by atoms with Gasteiger partial charge in [0.15, 0.2) is 0 Å². The van der Waals surface area contributed by atoms with Crippen LogP contribution in [0.4, 0.5) is 0 Å². The lowest BCUT2D eigenvalue weighted by molar-refractivity contribution is -0.884. The molecule has 0 rings (SSSR count). The van der Waals surface area contributed by atoms with Gasteiger partial charge in [-0.25, -0.2) is 0 Å². The number of unbranched alkanes of at least 4 members (excludes halogenated alkanes) is 14. The lowest BCUT2D eigenvalue weighted by Crippen LogP contribution is -3.00. The molecule has 0 saturated heterocycles. The van der Waals surface area contributed by atoms with Gasteiger partial charge in [-0.1, -0.05) is 97.0 Å². The van der Waals surface area contributed by atoms with Crippen LogP contribution in [0.3, 0.4) is 0 Å². The van der Waals surface area contributed by atoms with Crippen molar-refractivity contribution in [2.24, 2.45) is 0 Å². The number of quaternary nitrogens is 1. The van der Waals surface area contributed by atoms with Crippen LogP contribution in [0, 0.1) is 0 Å². The van der Waals surface area contributed by atoms with Gasteiger partial charge in [-0.05, 0) is 18.9 Å². The Morgan fingerprint density at radius 3 is 1.29 bits per heavy atom. The van der Waals surface area contributed by atoms with Crippen molar-refractivity contribution in [1.29, 1.82) is 0 Å². The monoisotopic (exact) mass is 403 g/mol. The molecular formula is C22H46BrN. The average Bonchev–Trinajstić information content (AvgIpc) is 2.51. The summed E-state index contributed by atoms with van der Waals surface area (Å²) in [6.07, 6.45) is 23.7. The lowest BCUT2D eigenvalue weighted by atomic mass is 10.0. The largest absolute Gasteiger partial charge is 1.00 e. The summed E-state index contributed by atoms with van der Waals surface area (Å²) in [6, 6.07) is 0. The molecule has 0 aromatic rings. The van der Waals surface area contributed by atoms with E-state index in [-0.39, 0.29) is 17.0 Å². The first-order valence-electron chi connectivity index (χ1n) is 10.6. The smallest absolute Gasteiger partial charge is 0.0966 e. The maximum atomic E-state index is 3.85. The van der Waals surface area contributed by atoms with Crippen molar-refractivity contribution in [3.05, 3.63) is 12.7 Å². The minimum atomic E-state index is 0. The first-order chi connectivity index (χ1) is 11.1. The van der Waals surface area contributed by atoms with E-state index in [2.05, 4.69) is 27.6 Å². The molecule has 0 aromatic heterocycles. The number of likely N-dealkylation sites (N-methyl/N-ethyl adjacent to an activating group) is 1. The van der Waals surface area contributed by atoms with Crippen LogP contribution in [0.25, 0.3) is 0 Å². The Hall–Kier alpha value is 0.180. The molecule has 0 amide bonds. The number of hydrogen-bond donors (Lipinski definition) is 0. The van der Waals surface area contributed by atoms with Crippen LogP contribution in [0.15, 0.2) is 12.7 Å². The summed E-state index contributed by atoms with van der Waals surface area (Å²) in [5, 5.41) is 0. The van der Waals surface area contributed by atoms with E-state index in [1.54, 1.807) is 0 Å². The van der Waals surface area contributed by atoms with Crippen molar-refractivity contribution < 1.29 is 21.5 Å². The molecule has 0 saturated carbocycles. The van der Waals surface area contributed by atoms with Gasteiger partial charge >= 0.3 is 0 Å². The standard InChI is InChI=1S/C22H46N.BrH/c1-5-7-8-9-10-11-12-13-14-15-16-17-18-19-20-22-23(3,4)21-6-2;/h6H,2,5,7-22H2,1,3-4H3;1H/q+1;/p-1. The van der Waals surface area contributed by atoms with Crippen LogP contribution in [-0.4, -0.2) is 31.7 Å². The first-order valence-corrected chi connectivity index (χ1v) is 10.6. The van der Waals surface area contributed by atoms with E-state index in [0.717, 1.165) is 11.0 Å². The Balaban J connectivity index is 0. The molecule has 0 radical (unpaired) electrons. The second-order valence-electron chi connectivity index (χ2n) is 8.08. The number of rotatable bonds is 18. The molecule has 0 N–H and O–H groups in total. The zero-order valence-electron chi connectivity index (χ0n) is 17.1. The Kier molecular flexibility index (Phi) is 21.5. The highest BCUT2D eigenvalue weighted by Crippen LogP contribution is 2.13. The van der Waals surface area contributed by atoms with Crippen LogP contribution in [0.2, 0.25) is 0 Å². The SMILES string of the molecule is C=CC[N+](C)(C)CCCCCCCCCCCCCCCCC.[Br-]. The summed E-state index contributed by atoms with van der Waals surface area (Å²) in [5.74, 6) is 0. The fourth-order valence-electron chi connectivity index (χ4n) is 3.35. The van der Waals surface area contributed by atoms with E-state index < -0.39 is 0 Å². The zero-order chi connectivity index (χ0) is 17.2. The first kappa shape index (κ1) is 26.4. The molecule has 0 aliphatic carbocycles. The molecule has 146 valence electrons. The number of nitrogens with zero attached hydrogens (tertiary/aromatic N) is 1. The van der Waals surface area contributed by atoms with Crippen LogP contribution < -0.4 is 17.0 Å². The summed E-state index contributed by atoms with van der Waals surface area (Å²) in [6.45, 7) is 8.54. The molecule has 0 fully saturated rings. The number of hydrogen-bond acceptors (Lipinski definition) is 0. The van der Waals surface area contributed by atoms with Crippen molar-refractivity contribution in [3.8, 4) is 0 Å². The van der Waals surface area contributed by atoms with Gasteiger partial charge in [0, 0.05) is 0 Å². The highest BCUT2D eigenvalue weighted by atomic mass is 79.9.